The summed E-state index contributed by atoms with van der Waals surface area (Å²) < 4.78 is 18.9. The third-order valence-corrected chi connectivity index (χ3v) is 5.87. The number of hydrogen-bond donors (Lipinski definition) is 0. The van der Waals surface area contributed by atoms with Crippen molar-refractivity contribution in [2.75, 3.05) is 26.7 Å². The summed E-state index contributed by atoms with van der Waals surface area (Å²) in [6, 6.07) is 4.63. The van der Waals surface area contributed by atoms with Gasteiger partial charge in [-0.3, -0.25) is 9.59 Å². The van der Waals surface area contributed by atoms with Crippen LogP contribution < -0.4 is 4.74 Å². The molecule has 3 atom stereocenters. The Bertz CT molecular complexity index is 708. The third kappa shape index (κ3) is 2.87. The summed E-state index contributed by atoms with van der Waals surface area (Å²) in [5, 5.41) is 0. The van der Waals surface area contributed by atoms with Gasteiger partial charge in [0.2, 0.25) is 5.91 Å². The first kappa shape index (κ1) is 16.4. The average molecular weight is 346 g/mol. The van der Waals surface area contributed by atoms with Crippen LogP contribution in [0.4, 0.5) is 4.39 Å². The van der Waals surface area contributed by atoms with E-state index in [1.165, 1.54) is 19.2 Å². The molecule has 0 aromatic heterocycles. The quantitative estimate of drug-likeness (QED) is 0.826. The smallest absolute Gasteiger partial charge is 0.253 e. The van der Waals surface area contributed by atoms with E-state index in [1.807, 2.05) is 4.90 Å². The van der Waals surface area contributed by atoms with Gasteiger partial charge in [0.25, 0.3) is 5.91 Å². The number of hydrogen-bond acceptors (Lipinski definition) is 3. The molecule has 3 aliphatic heterocycles. The molecular weight excluding hydrogens is 323 g/mol. The minimum Gasteiger partial charge on any atom is -0.494 e. The predicted octanol–water partition coefficient (Wildman–Crippen LogP) is 2.31. The Morgan fingerprint density at radius 1 is 1.28 bits per heavy atom. The van der Waals surface area contributed by atoms with Gasteiger partial charge in [-0.25, -0.2) is 4.39 Å². The summed E-state index contributed by atoms with van der Waals surface area (Å²) in [5.41, 5.74) is 0.356. The van der Waals surface area contributed by atoms with E-state index >= 15 is 0 Å². The number of nitrogens with zero attached hydrogens (tertiary/aromatic N) is 2. The van der Waals surface area contributed by atoms with Crippen molar-refractivity contribution in [3.8, 4) is 5.75 Å². The Labute approximate surface area is 146 Å². The number of ether oxygens (including phenoxy) is 1. The number of carbonyl (C=O) groups excluding carboxylic acids is 2. The van der Waals surface area contributed by atoms with Gasteiger partial charge in [-0.05, 0) is 49.3 Å². The van der Waals surface area contributed by atoms with Gasteiger partial charge < -0.3 is 14.5 Å². The normalized spacial score (nSPS) is 28.6. The molecular formula is C19H23FN2O3. The summed E-state index contributed by atoms with van der Waals surface area (Å²) in [6.45, 7) is 2.04. The van der Waals surface area contributed by atoms with Crippen LogP contribution >= 0.6 is 0 Å². The second kappa shape index (κ2) is 6.32. The number of piperidine rings is 3. The monoisotopic (exact) mass is 346 g/mol. The van der Waals surface area contributed by atoms with Crippen molar-refractivity contribution in [1.82, 2.24) is 9.80 Å². The van der Waals surface area contributed by atoms with Gasteiger partial charge in [-0.15, -0.1) is 0 Å². The van der Waals surface area contributed by atoms with Crippen LogP contribution in [-0.4, -0.2) is 54.4 Å². The van der Waals surface area contributed by atoms with Crippen LogP contribution in [0.25, 0.3) is 0 Å². The summed E-state index contributed by atoms with van der Waals surface area (Å²) in [5.74, 6) is 0.417. The van der Waals surface area contributed by atoms with Crippen LogP contribution in [-0.2, 0) is 4.79 Å². The lowest BCUT2D eigenvalue weighted by Gasteiger charge is -2.52. The molecule has 0 spiro atoms. The minimum absolute atomic E-state index is 0.133. The van der Waals surface area contributed by atoms with E-state index in [0.29, 0.717) is 36.9 Å². The highest BCUT2D eigenvalue weighted by molar-refractivity contribution is 5.94. The molecule has 25 heavy (non-hydrogen) atoms. The topological polar surface area (TPSA) is 49.9 Å². The van der Waals surface area contributed by atoms with E-state index < -0.39 is 5.82 Å². The lowest BCUT2D eigenvalue weighted by Crippen LogP contribution is -2.61. The Morgan fingerprint density at radius 3 is 2.88 bits per heavy atom. The highest BCUT2D eigenvalue weighted by Crippen LogP contribution is 2.38. The first-order valence-electron chi connectivity index (χ1n) is 8.99. The van der Waals surface area contributed by atoms with Crippen LogP contribution in [0, 0.1) is 17.7 Å². The van der Waals surface area contributed by atoms with Gasteiger partial charge in [0.15, 0.2) is 11.6 Å². The summed E-state index contributed by atoms with van der Waals surface area (Å²) in [7, 11) is 1.41. The molecule has 0 radical (unpaired) electrons. The molecule has 3 aliphatic rings. The summed E-state index contributed by atoms with van der Waals surface area (Å²) in [4.78, 5) is 28.9. The van der Waals surface area contributed by atoms with Gasteiger partial charge in [0.1, 0.15) is 0 Å². The van der Waals surface area contributed by atoms with Crippen LogP contribution in [0.3, 0.4) is 0 Å². The standard InChI is InChI=1S/C19H23FN2O3/c1-25-17-6-5-13(8-15(17)20)19(24)21-9-12-7-14(11-21)16-3-2-4-18(23)22(16)10-12/h5-6,8,12,14,16H,2-4,7,9-11H2,1H3/t12-,14-,16-/m1/s1. The van der Waals surface area contributed by atoms with Crippen LogP contribution in [0.15, 0.2) is 18.2 Å². The van der Waals surface area contributed by atoms with Gasteiger partial charge in [-0.1, -0.05) is 0 Å². The molecule has 2 bridgehead atoms. The lowest BCUT2D eigenvalue weighted by molar-refractivity contribution is -0.144. The lowest BCUT2D eigenvalue weighted by atomic mass is 9.76. The van der Waals surface area contributed by atoms with E-state index in [0.717, 1.165) is 25.8 Å². The number of fused-ring (bicyclic) bond motifs is 4. The molecule has 5 nitrogen and oxygen atoms in total. The molecule has 3 saturated heterocycles. The van der Waals surface area contributed by atoms with Crippen molar-refractivity contribution in [2.45, 2.75) is 31.7 Å². The third-order valence-electron chi connectivity index (χ3n) is 5.87. The fourth-order valence-corrected chi connectivity index (χ4v) is 4.76. The van der Waals surface area contributed by atoms with Crippen molar-refractivity contribution in [2.24, 2.45) is 11.8 Å². The van der Waals surface area contributed by atoms with Crippen LogP contribution in [0.1, 0.15) is 36.0 Å². The zero-order valence-corrected chi connectivity index (χ0v) is 14.4. The molecule has 0 N–H and O–H groups in total. The highest BCUT2D eigenvalue weighted by Gasteiger charge is 2.44. The first-order valence-corrected chi connectivity index (χ1v) is 8.99. The second-order valence-electron chi connectivity index (χ2n) is 7.43. The molecule has 0 aliphatic carbocycles. The van der Waals surface area contributed by atoms with Crippen molar-refractivity contribution in [3.05, 3.63) is 29.6 Å². The molecule has 3 fully saturated rings. The first-order chi connectivity index (χ1) is 12.1. The Hall–Kier alpha value is -2.11. The van der Waals surface area contributed by atoms with Crippen molar-refractivity contribution in [1.29, 1.82) is 0 Å². The molecule has 0 saturated carbocycles. The van der Waals surface area contributed by atoms with E-state index in [2.05, 4.69) is 4.90 Å². The van der Waals surface area contributed by atoms with E-state index in [1.54, 1.807) is 6.07 Å². The maximum Gasteiger partial charge on any atom is 0.253 e. The zero-order valence-electron chi connectivity index (χ0n) is 14.4. The van der Waals surface area contributed by atoms with Crippen molar-refractivity contribution < 1.29 is 18.7 Å². The molecule has 134 valence electrons. The number of benzene rings is 1. The molecule has 3 heterocycles. The van der Waals surface area contributed by atoms with Crippen molar-refractivity contribution in [3.63, 3.8) is 0 Å². The maximum atomic E-state index is 13.9. The average Bonchev–Trinajstić information content (AvgIpc) is 2.62. The zero-order chi connectivity index (χ0) is 17.6. The Balaban J connectivity index is 1.52. The molecule has 4 rings (SSSR count). The van der Waals surface area contributed by atoms with Gasteiger partial charge >= 0.3 is 0 Å². The number of amides is 2. The maximum absolute atomic E-state index is 13.9. The molecule has 2 amide bonds. The predicted molar refractivity (Wildman–Crippen MR) is 89.8 cm³/mol. The van der Waals surface area contributed by atoms with Gasteiger partial charge in [-0.2, -0.15) is 0 Å². The second-order valence-corrected chi connectivity index (χ2v) is 7.43. The van der Waals surface area contributed by atoms with Crippen molar-refractivity contribution >= 4 is 11.8 Å². The molecule has 6 heteroatoms. The number of methoxy groups -OCH3 is 1. The van der Waals surface area contributed by atoms with E-state index in [9.17, 15) is 14.0 Å². The van der Waals surface area contributed by atoms with Gasteiger partial charge in [0.05, 0.1) is 7.11 Å². The number of rotatable bonds is 2. The number of halogens is 1. The largest absolute Gasteiger partial charge is 0.494 e. The minimum atomic E-state index is -0.519. The SMILES string of the molecule is COc1ccc(C(=O)N2C[C@H]3C[C@H](C2)[C@H]2CCCC(=O)N2C3)cc1F. The van der Waals surface area contributed by atoms with Gasteiger partial charge in [0, 0.05) is 37.7 Å². The number of likely N-dealkylation sites (tertiary alicyclic amines) is 1. The fourth-order valence-electron chi connectivity index (χ4n) is 4.76. The van der Waals surface area contributed by atoms with E-state index in [4.69, 9.17) is 4.74 Å². The fraction of sp³-hybridized carbons (Fsp3) is 0.579. The Morgan fingerprint density at radius 2 is 2.12 bits per heavy atom. The highest BCUT2D eigenvalue weighted by atomic mass is 19.1. The van der Waals surface area contributed by atoms with Crippen LogP contribution in [0.2, 0.25) is 0 Å². The molecule has 1 aromatic rings. The molecule has 1 aromatic carbocycles. The summed E-state index contributed by atoms with van der Waals surface area (Å²) in [6.07, 6.45) is 3.71. The van der Waals surface area contributed by atoms with Crippen LogP contribution in [0.5, 0.6) is 5.75 Å². The molecule has 0 unspecified atom stereocenters. The summed E-state index contributed by atoms with van der Waals surface area (Å²) >= 11 is 0. The van der Waals surface area contributed by atoms with E-state index in [-0.39, 0.29) is 23.6 Å². The Kier molecular flexibility index (Phi) is 4.13. The number of carbonyl (C=O) groups is 2.